The molecule has 1 fully saturated rings. The molecule has 1 aliphatic rings. The Morgan fingerprint density at radius 3 is 2.63 bits per heavy atom. The zero-order chi connectivity index (χ0) is 13.7. The zero-order valence-corrected chi connectivity index (χ0v) is 12.5. The van der Waals surface area contributed by atoms with Crippen LogP contribution in [0.2, 0.25) is 0 Å². The van der Waals surface area contributed by atoms with Gasteiger partial charge in [-0.2, -0.15) is 0 Å². The van der Waals surface area contributed by atoms with Crippen LogP contribution < -0.4 is 10.2 Å². The maximum atomic E-state index is 3.58. The minimum absolute atomic E-state index is 0.680. The standard InChI is InChI=1S/C16H27N3/c1-4-17-15-6-5-11-19(13-15)12-14-7-9-16(10-8-14)18(2)3/h7-10,15,17H,4-6,11-13H2,1-3H3. The molecule has 1 saturated heterocycles. The normalized spacial score (nSPS) is 20.5. The van der Waals surface area contributed by atoms with E-state index in [2.05, 4.69) is 60.4 Å². The Hall–Kier alpha value is -1.06. The second-order valence-corrected chi connectivity index (χ2v) is 5.69. The van der Waals surface area contributed by atoms with Crippen molar-refractivity contribution >= 4 is 5.69 Å². The average Bonchev–Trinajstić information content (AvgIpc) is 2.40. The summed E-state index contributed by atoms with van der Waals surface area (Å²) in [6.07, 6.45) is 2.64. The lowest BCUT2D eigenvalue weighted by molar-refractivity contribution is 0.184. The fourth-order valence-electron chi connectivity index (χ4n) is 2.81. The van der Waals surface area contributed by atoms with Gasteiger partial charge in [0.25, 0.3) is 0 Å². The quantitative estimate of drug-likeness (QED) is 0.877. The first-order valence-corrected chi connectivity index (χ1v) is 7.41. The number of hydrogen-bond donors (Lipinski definition) is 1. The van der Waals surface area contributed by atoms with E-state index in [0.29, 0.717) is 6.04 Å². The number of benzene rings is 1. The van der Waals surface area contributed by atoms with Gasteiger partial charge in [0.05, 0.1) is 0 Å². The molecule has 0 amide bonds. The summed E-state index contributed by atoms with van der Waals surface area (Å²) in [5.41, 5.74) is 2.69. The Balaban J connectivity index is 1.89. The lowest BCUT2D eigenvalue weighted by Crippen LogP contribution is -2.45. The highest BCUT2D eigenvalue weighted by Crippen LogP contribution is 2.16. The van der Waals surface area contributed by atoms with Crippen molar-refractivity contribution in [2.45, 2.75) is 32.4 Å². The smallest absolute Gasteiger partial charge is 0.0361 e. The summed E-state index contributed by atoms with van der Waals surface area (Å²) in [6.45, 7) is 6.77. The van der Waals surface area contributed by atoms with Gasteiger partial charge < -0.3 is 10.2 Å². The molecule has 0 aliphatic carbocycles. The molecule has 1 aliphatic heterocycles. The van der Waals surface area contributed by atoms with E-state index >= 15 is 0 Å². The van der Waals surface area contributed by atoms with Crippen molar-refractivity contribution in [3.8, 4) is 0 Å². The first-order valence-electron chi connectivity index (χ1n) is 7.41. The first-order chi connectivity index (χ1) is 9.19. The molecule has 2 rings (SSSR count). The third-order valence-electron chi connectivity index (χ3n) is 3.86. The molecule has 1 unspecified atom stereocenters. The van der Waals surface area contributed by atoms with Crippen LogP contribution in [0.5, 0.6) is 0 Å². The summed E-state index contributed by atoms with van der Waals surface area (Å²) >= 11 is 0. The monoisotopic (exact) mass is 261 g/mol. The molecule has 3 nitrogen and oxygen atoms in total. The van der Waals surface area contributed by atoms with E-state index in [0.717, 1.165) is 13.1 Å². The summed E-state index contributed by atoms with van der Waals surface area (Å²) < 4.78 is 0. The number of anilines is 1. The molecule has 0 bridgehead atoms. The van der Waals surface area contributed by atoms with Crippen LogP contribution in [-0.4, -0.2) is 44.7 Å². The molecule has 106 valence electrons. The van der Waals surface area contributed by atoms with E-state index < -0.39 is 0 Å². The van der Waals surface area contributed by atoms with Crippen LogP contribution in [0.15, 0.2) is 24.3 Å². The molecule has 3 heteroatoms. The number of likely N-dealkylation sites (tertiary alicyclic amines) is 1. The maximum Gasteiger partial charge on any atom is 0.0361 e. The maximum absolute atomic E-state index is 3.58. The minimum atomic E-state index is 0.680. The van der Waals surface area contributed by atoms with E-state index in [9.17, 15) is 0 Å². The molecule has 1 N–H and O–H groups in total. The van der Waals surface area contributed by atoms with Gasteiger partial charge in [-0.15, -0.1) is 0 Å². The fraction of sp³-hybridized carbons (Fsp3) is 0.625. The molecule has 1 heterocycles. The van der Waals surface area contributed by atoms with Crippen molar-refractivity contribution in [3.05, 3.63) is 29.8 Å². The summed E-state index contributed by atoms with van der Waals surface area (Å²) in [4.78, 5) is 4.72. The molecule has 0 radical (unpaired) electrons. The molecule has 0 aromatic heterocycles. The van der Waals surface area contributed by atoms with E-state index in [1.807, 2.05) is 0 Å². The molecule has 1 aromatic rings. The van der Waals surface area contributed by atoms with Gasteiger partial charge in [0.15, 0.2) is 0 Å². The largest absolute Gasteiger partial charge is 0.378 e. The Bertz CT molecular complexity index is 370. The van der Waals surface area contributed by atoms with Crippen molar-refractivity contribution in [2.24, 2.45) is 0 Å². The Morgan fingerprint density at radius 1 is 1.26 bits per heavy atom. The second-order valence-electron chi connectivity index (χ2n) is 5.69. The van der Waals surface area contributed by atoms with E-state index in [1.54, 1.807) is 0 Å². The molecular formula is C16H27N3. The molecule has 1 aromatic carbocycles. The second kappa shape index (κ2) is 6.92. The summed E-state index contributed by atoms with van der Waals surface area (Å²) in [6, 6.07) is 9.61. The Kier molecular flexibility index (Phi) is 5.23. The van der Waals surface area contributed by atoms with Crippen LogP contribution >= 0.6 is 0 Å². The average molecular weight is 261 g/mol. The summed E-state index contributed by atoms with van der Waals surface area (Å²) in [5.74, 6) is 0. The number of rotatable bonds is 5. The van der Waals surface area contributed by atoms with Crippen LogP contribution in [0, 0.1) is 0 Å². The van der Waals surface area contributed by atoms with Gasteiger partial charge in [-0.3, -0.25) is 4.90 Å². The first kappa shape index (κ1) is 14.4. The van der Waals surface area contributed by atoms with Crippen LogP contribution in [0.3, 0.4) is 0 Å². The Labute approximate surface area is 117 Å². The highest BCUT2D eigenvalue weighted by Gasteiger charge is 2.18. The molecule has 1 atom stereocenters. The number of hydrogen-bond acceptors (Lipinski definition) is 3. The van der Waals surface area contributed by atoms with Crippen LogP contribution in [0.25, 0.3) is 0 Å². The van der Waals surface area contributed by atoms with Crippen molar-refractivity contribution in [1.29, 1.82) is 0 Å². The van der Waals surface area contributed by atoms with E-state index in [-0.39, 0.29) is 0 Å². The van der Waals surface area contributed by atoms with Gasteiger partial charge in [0.1, 0.15) is 0 Å². The van der Waals surface area contributed by atoms with Crippen molar-refractivity contribution in [3.63, 3.8) is 0 Å². The van der Waals surface area contributed by atoms with E-state index in [4.69, 9.17) is 0 Å². The van der Waals surface area contributed by atoms with Crippen molar-refractivity contribution in [1.82, 2.24) is 10.2 Å². The highest BCUT2D eigenvalue weighted by molar-refractivity contribution is 5.45. The zero-order valence-electron chi connectivity index (χ0n) is 12.5. The van der Waals surface area contributed by atoms with E-state index in [1.165, 1.54) is 37.2 Å². The van der Waals surface area contributed by atoms with Gasteiger partial charge >= 0.3 is 0 Å². The predicted octanol–water partition coefficient (Wildman–Crippen LogP) is 2.33. The molecule has 19 heavy (non-hydrogen) atoms. The van der Waals surface area contributed by atoms with Crippen molar-refractivity contribution < 1.29 is 0 Å². The Morgan fingerprint density at radius 2 is 2.00 bits per heavy atom. The topological polar surface area (TPSA) is 18.5 Å². The van der Waals surface area contributed by atoms with Gasteiger partial charge in [-0.25, -0.2) is 0 Å². The summed E-state index contributed by atoms with van der Waals surface area (Å²) in [5, 5.41) is 3.58. The van der Waals surface area contributed by atoms with Gasteiger partial charge in [-0.05, 0) is 43.6 Å². The van der Waals surface area contributed by atoms with Crippen molar-refractivity contribution in [2.75, 3.05) is 38.6 Å². The number of nitrogens with zero attached hydrogens (tertiary/aromatic N) is 2. The molecule has 0 spiro atoms. The molecule has 0 saturated carbocycles. The lowest BCUT2D eigenvalue weighted by Gasteiger charge is -2.33. The highest BCUT2D eigenvalue weighted by atomic mass is 15.2. The fourth-order valence-corrected chi connectivity index (χ4v) is 2.81. The number of likely N-dealkylation sites (N-methyl/N-ethyl adjacent to an activating group) is 1. The molecular weight excluding hydrogens is 234 g/mol. The number of piperidine rings is 1. The van der Waals surface area contributed by atoms with Gasteiger partial charge in [0, 0.05) is 38.9 Å². The van der Waals surface area contributed by atoms with Gasteiger partial charge in [-0.1, -0.05) is 19.1 Å². The number of nitrogens with one attached hydrogen (secondary N) is 1. The van der Waals surface area contributed by atoms with Crippen LogP contribution in [-0.2, 0) is 6.54 Å². The summed E-state index contributed by atoms with van der Waals surface area (Å²) in [7, 11) is 4.17. The third-order valence-corrected chi connectivity index (χ3v) is 3.86. The van der Waals surface area contributed by atoms with Crippen LogP contribution in [0.1, 0.15) is 25.3 Å². The third kappa shape index (κ3) is 4.22. The lowest BCUT2D eigenvalue weighted by atomic mass is 10.0. The predicted molar refractivity (Wildman–Crippen MR) is 82.7 cm³/mol. The van der Waals surface area contributed by atoms with Crippen LogP contribution in [0.4, 0.5) is 5.69 Å². The SMILES string of the molecule is CCNC1CCCN(Cc2ccc(N(C)C)cc2)C1. The van der Waals surface area contributed by atoms with Gasteiger partial charge in [0.2, 0.25) is 0 Å². The minimum Gasteiger partial charge on any atom is -0.378 e.